The predicted molar refractivity (Wildman–Crippen MR) is 116 cm³/mol. The van der Waals surface area contributed by atoms with Crippen molar-refractivity contribution in [2.24, 2.45) is 0 Å². The van der Waals surface area contributed by atoms with Crippen LogP contribution in [0.3, 0.4) is 0 Å². The zero-order valence-corrected chi connectivity index (χ0v) is 17.8. The lowest BCUT2D eigenvalue weighted by Gasteiger charge is -2.10. The molecule has 6 heteroatoms. The molecule has 158 valence electrons. The molecule has 0 unspecified atom stereocenters. The molecular weight excluding hydrogens is 382 g/mol. The van der Waals surface area contributed by atoms with Gasteiger partial charge < -0.3 is 19.5 Å². The largest absolute Gasteiger partial charge is 0.493 e. The van der Waals surface area contributed by atoms with Crippen LogP contribution in [0.1, 0.15) is 36.1 Å². The number of hydrogen-bond donors (Lipinski definition) is 1. The fourth-order valence-electron chi connectivity index (χ4n) is 3.28. The summed E-state index contributed by atoms with van der Waals surface area (Å²) >= 11 is 0. The van der Waals surface area contributed by atoms with Crippen LogP contribution < -0.4 is 14.8 Å². The molecule has 0 spiro atoms. The molecule has 0 fully saturated rings. The van der Waals surface area contributed by atoms with Crippen molar-refractivity contribution in [1.29, 1.82) is 0 Å². The highest BCUT2D eigenvalue weighted by Crippen LogP contribution is 2.35. The molecule has 6 nitrogen and oxygen atoms in total. The van der Waals surface area contributed by atoms with E-state index in [2.05, 4.69) is 5.32 Å². The third-order valence-corrected chi connectivity index (χ3v) is 4.95. The van der Waals surface area contributed by atoms with E-state index in [-0.39, 0.29) is 18.6 Å². The van der Waals surface area contributed by atoms with Gasteiger partial charge in [-0.3, -0.25) is 4.79 Å². The summed E-state index contributed by atoms with van der Waals surface area (Å²) in [6, 6.07) is 9.46. The van der Waals surface area contributed by atoms with E-state index < -0.39 is 5.97 Å². The van der Waals surface area contributed by atoms with Crippen molar-refractivity contribution in [2.45, 2.75) is 40.2 Å². The maximum atomic E-state index is 12.1. The van der Waals surface area contributed by atoms with E-state index in [9.17, 15) is 9.59 Å². The van der Waals surface area contributed by atoms with E-state index in [1.165, 1.54) is 6.08 Å². The number of carbonyl (C=O) groups excluding carboxylic acids is 2. The molecule has 0 aromatic heterocycles. The zero-order valence-electron chi connectivity index (χ0n) is 17.8. The molecule has 0 radical (unpaired) electrons. The molecule has 3 rings (SSSR count). The molecule has 2 aromatic rings. The molecule has 1 aliphatic rings. The molecule has 0 saturated heterocycles. The minimum Gasteiger partial charge on any atom is -0.493 e. The van der Waals surface area contributed by atoms with E-state index in [1.807, 2.05) is 58.0 Å². The first-order valence-corrected chi connectivity index (χ1v) is 10.0. The van der Waals surface area contributed by atoms with Gasteiger partial charge in [-0.25, -0.2) is 4.79 Å². The van der Waals surface area contributed by atoms with E-state index in [0.717, 1.165) is 34.4 Å². The topological polar surface area (TPSA) is 73.9 Å². The molecule has 0 saturated carbocycles. The third kappa shape index (κ3) is 5.20. The predicted octanol–water partition coefficient (Wildman–Crippen LogP) is 4.22. The van der Waals surface area contributed by atoms with Gasteiger partial charge >= 0.3 is 5.97 Å². The quantitative estimate of drug-likeness (QED) is 0.547. The lowest BCUT2D eigenvalue weighted by molar-refractivity contribution is -0.142. The van der Waals surface area contributed by atoms with Crippen LogP contribution in [0, 0.1) is 13.8 Å². The fourth-order valence-corrected chi connectivity index (χ4v) is 3.28. The molecule has 1 atom stereocenters. The van der Waals surface area contributed by atoms with E-state index in [0.29, 0.717) is 18.0 Å². The molecular formula is C24H27NO5. The van der Waals surface area contributed by atoms with Crippen LogP contribution in [0.4, 0.5) is 5.69 Å². The van der Waals surface area contributed by atoms with Crippen LogP contribution in [0.25, 0.3) is 6.08 Å². The molecule has 0 aliphatic carbocycles. The smallest absolute Gasteiger partial charge is 0.331 e. The maximum Gasteiger partial charge on any atom is 0.331 e. The Labute approximate surface area is 176 Å². The van der Waals surface area contributed by atoms with Gasteiger partial charge in [0.1, 0.15) is 17.6 Å². The van der Waals surface area contributed by atoms with Crippen LogP contribution in [0.5, 0.6) is 11.5 Å². The summed E-state index contributed by atoms with van der Waals surface area (Å²) in [4.78, 5) is 24.2. The number of benzene rings is 2. The lowest BCUT2D eigenvalue weighted by atomic mass is 10.1. The first-order valence-electron chi connectivity index (χ1n) is 10.0. The van der Waals surface area contributed by atoms with Crippen LogP contribution in [0.15, 0.2) is 36.4 Å². The van der Waals surface area contributed by atoms with Gasteiger partial charge in [0.15, 0.2) is 6.61 Å². The van der Waals surface area contributed by atoms with Crippen molar-refractivity contribution < 1.29 is 23.8 Å². The van der Waals surface area contributed by atoms with E-state index >= 15 is 0 Å². The van der Waals surface area contributed by atoms with Gasteiger partial charge in [-0.05, 0) is 63.1 Å². The number of fused-ring (bicyclic) bond motifs is 1. The first kappa shape index (κ1) is 21.4. The second-order valence-electron chi connectivity index (χ2n) is 7.30. The highest BCUT2D eigenvalue weighted by atomic mass is 16.5. The molecule has 0 bridgehead atoms. The molecule has 1 amide bonds. The van der Waals surface area contributed by atoms with Crippen LogP contribution in [-0.4, -0.2) is 31.2 Å². The normalized spacial score (nSPS) is 14.9. The van der Waals surface area contributed by atoms with Crippen molar-refractivity contribution in [1.82, 2.24) is 0 Å². The van der Waals surface area contributed by atoms with Gasteiger partial charge in [-0.15, -0.1) is 0 Å². The Hall–Kier alpha value is -3.28. The second kappa shape index (κ2) is 9.48. The Balaban J connectivity index is 1.60. The number of rotatable bonds is 7. The highest BCUT2D eigenvalue weighted by Gasteiger charge is 2.21. The van der Waals surface area contributed by atoms with E-state index in [1.54, 1.807) is 6.08 Å². The lowest BCUT2D eigenvalue weighted by Crippen LogP contribution is -2.20. The molecule has 30 heavy (non-hydrogen) atoms. The van der Waals surface area contributed by atoms with Gasteiger partial charge in [0.25, 0.3) is 5.91 Å². The average molecular weight is 409 g/mol. The van der Waals surface area contributed by atoms with Crippen molar-refractivity contribution in [3.05, 3.63) is 58.7 Å². The summed E-state index contributed by atoms with van der Waals surface area (Å²) in [5.41, 5.74) is 4.58. The monoisotopic (exact) mass is 409 g/mol. The Morgan fingerprint density at radius 1 is 1.27 bits per heavy atom. The number of aryl methyl sites for hydroxylation is 1. The summed E-state index contributed by atoms with van der Waals surface area (Å²) in [5, 5.41) is 2.76. The van der Waals surface area contributed by atoms with E-state index in [4.69, 9.17) is 14.2 Å². The first-order chi connectivity index (χ1) is 14.4. The number of carbonyl (C=O) groups is 2. The molecule has 1 heterocycles. The molecule has 2 aromatic carbocycles. The minimum absolute atomic E-state index is 0.120. The van der Waals surface area contributed by atoms with Crippen LogP contribution >= 0.6 is 0 Å². The number of anilines is 1. The van der Waals surface area contributed by atoms with Gasteiger partial charge in [0.2, 0.25) is 0 Å². The molecule has 1 aliphatic heterocycles. The van der Waals surface area contributed by atoms with Gasteiger partial charge in [0, 0.05) is 29.3 Å². The molecule has 1 N–H and O–H groups in total. The van der Waals surface area contributed by atoms with Crippen LogP contribution in [0.2, 0.25) is 0 Å². The van der Waals surface area contributed by atoms with Crippen molar-refractivity contribution in [2.75, 3.05) is 18.5 Å². The summed E-state index contributed by atoms with van der Waals surface area (Å²) in [6.45, 7) is 7.96. The Morgan fingerprint density at radius 3 is 2.83 bits per heavy atom. The third-order valence-electron chi connectivity index (χ3n) is 4.95. The Morgan fingerprint density at radius 2 is 2.07 bits per heavy atom. The number of ether oxygens (including phenoxy) is 3. The van der Waals surface area contributed by atoms with Gasteiger partial charge in [-0.2, -0.15) is 0 Å². The van der Waals surface area contributed by atoms with Crippen LogP contribution in [-0.2, 0) is 20.7 Å². The summed E-state index contributed by atoms with van der Waals surface area (Å²) in [6.07, 6.45) is 3.85. The summed E-state index contributed by atoms with van der Waals surface area (Å²) in [5.74, 6) is 0.487. The average Bonchev–Trinajstić information content (AvgIpc) is 3.07. The van der Waals surface area contributed by atoms with Gasteiger partial charge in [0.05, 0.1) is 6.61 Å². The Kier molecular flexibility index (Phi) is 6.77. The number of amides is 1. The maximum absolute atomic E-state index is 12.1. The minimum atomic E-state index is -0.608. The highest BCUT2D eigenvalue weighted by molar-refractivity contribution is 5.95. The second-order valence-corrected chi connectivity index (χ2v) is 7.30. The Bertz CT molecular complexity index is 980. The number of hydrogen-bond acceptors (Lipinski definition) is 5. The zero-order chi connectivity index (χ0) is 21.7. The number of esters is 1. The summed E-state index contributed by atoms with van der Waals surface area (Å²) < 4.78 is 16.5. The summed E-state index contributed by atoms with van der Waals surface area (Å²) in [7, 11) is 0. The van der Waals surface area contributed by atoms with Crippen molar-refractivity contribution in [3.8, 4) is 11.5 Å². The fraction of sp³-hybridized carbons (Fsp3) is 0.333. The standard InChI is InChI=1S/C24H27NO5/c1-5-28-21-13-19-11-16(3)30-22(19)12-18(21)9-10-24(27)29-14-23(26)25-20-8-6-7-15(2)17(20)4/h6-10,12-13,16H,5,11,14H2,1-4H3,(H,25,26)/b10-9+/t16-/m0/s1. The number of nitrogens with one attached hydrogen (secondary N) is 1. The van der Waals surface area contributed by atoms with Crippen molar-refractivity contribution >= 4 is 23.6 Å². The van der Waals surface area contributed by atoms with Crippen molar-refractivity contribution in [3.63, 3.8) is 0 Å². The van der Waals surface area contributed by atoms with Gasteiger partial charge in [-0.1, -0.05) is 12.1 Å². The SMILES string of the molecule is CCOc1cc2c(cc1/C=C/C(=O)OCC(=O)Nc1cccc(C)c1C)O[C@@H](C)C2.